The number of aryl methyl sites for hydroxylation is 4. The standard InChI is InChI=1S/C18H17N5O2/c1-12-6-7-15-14(11-12)22(18(24)25-15)10-8-17-20-13(2)21-23(17)16-5-3-4-9-19-16/h3-7,9,11H,8,10H2,1-2H3. The number of fused-ring (bicyclic) bond motifs is 1. The SMILES string of the molecule is Cc1ccc2oc(=O)n(CCc3nc(C)nn3-c3ccccn3)c2c1. The maximum Gasteiger partial charge on any atom is 0.419 e. The van der Waals surface area contributed by atoms with E-state index < -0.39 is 0 Å². The van der Waals surface area contributed by atoms with E-state index in [1.54, 1.807) is 15.4 Å². The van der Waals surface area contributed by atoms with E-state index in [4.69, 9.17) is 4.42 Å². The highest BCUT2D eigenvalue weighted by molar-refractivity contribution is 5.73. The molecule has 0 aliphatic heterocycles. The molecule has 7 heteroatoms. The van der Waals surface area contributed by atoms with Gasteiger partial charge in [0.2, 0.25) is 0 Å². The van der Waals surface area contributed by atoms with Crippen molar-refractivity contribution in [2.24, 2.45) is 0 Å². The quantitative estimate of drug-likeness (QED) is 0.572. The Morgan fingerprint density at radius 3 is 2.84 bits per heavy atom. The third-order valence-corrected chi connectivity index (χ3v) is 4.03. The molecule has 0 saturated heterocycles. The van der Waals surface area contributed by atoms with Gasteiger partial charge in [0.1, 0.15) is 11.6 Å². The zero-order valence-electron chi connectivity index (χ0n) is 14.0. The van der Waals surface area contributed by atoms with Crippen molar-refractivity contribution in [2.75, 3.05) is 0 Å². The van der Waals surface area contributed by atoms with E-state index in [1.165, 1.54) is 0 Å². The molecule has 0 amide bonds. The molecule has 0 aliphatic carbocycles. The van der Waals surface area contributed by atoms with Crippen LogP contribution in [0.5, 0.6) is 0 Å². The van der Waals surface area contributed by atoms with Crippen LogP contribution in [0.25, 0.3) is 16.9 Å². The molecule has 25 heavy (non-hydrogen) atoms. The molecule has 126 valence electrons. The van der Waals surface area contributed by atoms with Gasteiger partial charge in [0.25, 0.3) is 0 Å². The van der Waals surface area contributed by atoms with Crippen molar-refractivity contribution in [3.05, 3.63) is 70.4 Å². The summed E-state index contributed by atoms with van der Waals surface area (Å²) in [5.41, 5.74) is 2.47. The molecule has 0 spiro atoms. The number of hydrogen-bond donors (Lipinski definition) is 0. The van der Waals surface area contributed by atoms with Gasteiger partial charge in [-0.15, -0.1) is 5.10 Å². The van der Waals surface area contributed by atoms with Crippen LogP contribution in [-0.4, -0.2) is 24.3 Å². The van der Waals surface area contributed by atoms with E-state index in [0.29, 0.717) is 30.2 Å². The number of benzene rings is 1. The summed E-state index contributed by atoms with van der Waals surface area (Å²) in [6.45, 7) is 4.29. The fourth-order valence-electron chi connectivity index (χ4n) is 2.88. The Hall–Kier alpha value is -3.22. The number of rotatable bonds is 4. The zero-order valence-corrected chi connectivity index (χ0v) is 14.0. The minimum Gasteiger partial charge on any atom is -0.408 e. The van der Waals surface area contributed by atoms with E-state index in [-0.39, 0.29) is 5.76 Å². The van der Waals surface area contributed by atoms with Crippen molar-refractivity contribution in [1.29, 1.82) is 0 Å². The summed E-state index contributed by atoms with van der Waals surface area (Å²) in [5.74, 6) is 1.77. The summed E-state index contributed by atoms with van der Waals surface area (Å²) in [7, 11) is 0. The first-order valence-electron chi connectivity index (χ1n) is 8.06. The average molecular weight is 335 g/mol. The third-order valence-electron chi connectivity index (χ3n) is 4.03. The van der Waals surface area contributed by atoms with Crippen LogP contribution < -0.4 is 5.76 Å². The van der Waals surface area contributed by atoms with Crippen LogP contribution in [0.1, 0.15) is 17.2 Å². The van der Waals surface area contributed by atoms with Crippen molar-refractivity contribution in [2.45, 2.75) is 26.8 Å². The van der Waals surface area contributed by atoms with Gasteiger partial charge in [-0.3, -0.25) is 4.57 Å². The van der Waals surface area contributed by atoms with E-state index in [1.807, 2.05) is 50.2 Å². The van der Waals surface area contributed by atoms with Crippen LogP contribution in [0.3, 0.4) is 0 Å². The van der Waals surface area contributed by atoms with Gasteiger partial charge in [-0.25, -0.2) is 14.8 Å². The molecule has 0 N–H and O–H groups in total. The monoisotopic (exact) mass is 335 g/mol. The summed E-state index contributed by atoms with van der Waals surface area (Å²) >= 11 is 0. The van der Waals surface area contributed by atoms with Gasteiger partial charge >= 0.3 is 5.76 Å². The fourth-order valence-corrected chi connectivity index (χ4v) is 2.88. The van der Waals surface area contributed by atoms with Crippen LogP contribution in [0.2, 0.25) is 0 Å². The average Bonchev–Trinajstić information content (AvgIpc) is 3.13. The van der Waals surface area contributed by atoms with Crippen LogP contribution >= 0.6 is 0 Å². The van der Waals surface area contributed by atoms with Crippen LogP contribution in [0.15, 0.2) is 51.8 Å². The number of oxazole rings is 1. The van der Waals surface area contributed by atoms with Gasteiger partial charge < -0.3 is 4.42 Å². The van der Waals surface area contributed by atoms with Gasteiger partial charge in [0.05, 0.1) is 5.52 Å². The minimum atomic E-state index is -0.360. The van der Waals surface area contributed by atoms with Crippen LogP contribution in [-0.2, 0) is 13.0 Å². The second kappa shape index (κ2) is 6.01. The Morgan fingerprint density at radius 1 is 1.16 bits per heavy atom. The van der Waals surface area contributed by atoms with Crippen molar-refractivity contribution in [3.63, 3.8) is 0 Å². The molecule has 3 aromatic heterocycles. The predicted molar refractivity (Wildman–Crippen MR) is 92.8 cm³/mol. The third kappa shape index (κ3) is 2.84. The molecule has 0 radical (unpaired) electrons. The Kier molecular flexibility index (Phi) is 3.68. The Morgan fingerprint density at radius 2 is 2.04 bits per heavy atom. The van der Waals surface area contributed by atoms with E-state index >= 15 is 0 Å². The Bertz CT molecular complexity index is 1090. The molecule has 0 unspecified atom stereocenters. The second-order valence-electron chi connectivity index (χ2n) is 5.92. The molecule has 0 aliphatic rings. The molecule has 4 aromatic rings. The lowest BCUT2D eigenvalue weighted by molar-refractivity contribution is 0.501. The molecule has 3 heterocycles. The van der Waals surface area contributed by atoms with E-state index in [0.717, 1.165) is 16.9 Å². The van der Waals surface area contributed by atoms with Gasteiger partial charge in [0.15, 0.2) is 11.4 Å². The summed E-state index contributed by atoms with van der Waals surface area (Å²) < 4.78 is 8.66. The maximum atomic E-state index is 12.2. The van der Waals surface area contributed by atoms with Crippen molar-refractivity contribution < 1.29 is 4.42 Å². The summed E-state index contributed by atoms with van der Waals surface area (Å²) in [4.78, 5) is 21.0. The lowest BCUT2D eigenvalue weighted by atomic mass is 10.2. The van der Waals surface area contributed by atoms with Crippen LogP contribution in [0.4, 0.5) is 0 Å². The highest BCUT2D eigenvalue weighted by Gasteiger charge is 2.13. The van der Waals surface area contributed by atoms with Gasteiger partial charge in [-0.05, 0) is 43.7 Å². The predicted octanol–water partition coefficient (Wildman–Crippen LogP) is 2.43. The van der Waals surface area contributed by atoms with Gasteiger partial charge in [0, 0.05) is 19.2 Å². The summed E-state index contributed by atoms with van der Waals surface area (Å²) in [6, 6.07) is 11.3. The lowest BCUT2D eigenvalue weighted by Gasteiger charge is -2.05. The number of aromatic nitrogens is 5. The first-order chi connectivity index (χ1) is 12.1. The topological polar surface area (TPSA) is 78.7 Å². The summed E-state index contributed by atoms with van der Waals surface area (Å²) in [6.07, 6.45) is 2.26. The van der Waals surface area contributed by atoms with Gasteiger partial charge in [-0.1, -0.05) is 12.1 Å². The number of nitrogens with zero attached hydrogens (tertiary/aromatic N) is 5. The Labute approximate surface area is 143 Å². The molecule has 0 atom stereocenters. The number of hydrogen-bond acceptors (Lipinski definition) is 5. The molecule has 0 saturated carbocycles. The maximum absolute atomic E-state index is 12.2. The highest BCUT2D eigenvalue weighted by Crippen LogP contribution is 2.15. The van der Waals surface area contributed by atoms with E-state index in [2.05, 4.69) is 15.1 Å². The second-order valence-corrected chi connectivity index (χ2v) is 5.92. The Balaban J connectivity index is 1.68. The lowest BCUT2D eigenvalue weighted by Crippen LogP contribution is -2.17. The van der Waals surface area contributed by atoms with Crippen molar-refractivity contribution in [3.8, 4) is 5.82 Å². The first-order valence-corrected chi connectivity index (χ1v) is 8.06. The minimum absolute atomic E-state index is 0.360. The first kappa shape index (κ1) is 15.3. The zero-order chi connectivity index (χ0) is 17.4. The molecule has 0 bridgehead atoms. The van der Waals surface area contributed by atoms with Crippen LogP contribution in [0, 0.1) is 13.8 Å². The van der Waals surface area contributed by atoms with Crippen molar-refractivity contribution in [1.82, 2.24) is 24.3 Å². The van der Waals surface area contributed by atoms with Gasteiger partial charge in [-0.2, -0.15) is 4.68 Å². The summed E-state index contributed by atoms with van der Waals surface area (Å²) in [5, 5.41) is 4.41. The van der Waals surface area contributed by atoms with Crippen molar-refractivity contribution >= 4 is 11.1 Å². The molecule has 4 rings (SSSR count). The van der Waals surface area contributed by atoms with E-state index in [9.17, 15) is 4.79 Å². The molecule has 0 fully saturated rings. The largest absolute Gasteiger partial charge is 0.419 e. The normalized spacial score (nSPS) is 11.3. The molecule has 1 aromatic carbocycles. The molecular weight excluding hydrogens is 318 g/mol. The number of pyridine rings is 1. The fraction of sp³-hybridized carbons (Fsp3) is 0.222. The smallest absolute Gasteiger partial charge is 0.408 e. The molecule has 7 nitrogen and oxygen atoms in total. The highest BCUT2D eigenvalue weighted by atomic mass is 16.4. The molecular formula is C18H17N5O2.